The van der Waals surface area contributed by atoms with Crippen molar-refractivity contribution >= 4 is 12.4 Å². The van der Waals surface area contributed by atoms with Crippen LogP contribution in [0.15, 0.2) is 18.2 Å². The maximum absolute atomic E-state index is 9.68. The molecule has 1 saturated heterocycles. The van der Waals surface area contributed by atoms with Gasteiger partial charge < -0.3 is 9.84 Å². The van der Waals surface area contributed by atoms with Crippen LogP contribution >= 0.6 is 12.4 Å². The highest BCUT2D eigenvalue weighted by Gasteiger charge is 2.36. The van der Waals surface area contributed by atoms with E-state index in [4.69, 9.17) is 4.74 Å². The molecule has 0 radical (unpaired) electrons. The summed E-state index contributed by atoms with van der Waals surface area (Å²) in [5.41, 5.74) is 2.54. The van der Waals surface area contributed by atoms with E-state index in [0.29, 0.717) is 11.8 Å². The molecule has 1 fully saturated rings. The highest BCUT2D eigenvalue weighted by atomic mass is 35.5. The molecule has 19 heavy (non-hydrogen) atoms. The van der Waals surface area contributed by atoms with Crippen molar-refractivity contribution < 1.29 is 9.84 Å². The van der Waals surface area contributed by atoms with Crippen LogP contribution in [-0.2, 0) is 11.2 Å². The minimum atomic E-state index is 0. The molecule has 0 amide bonds. The van der Waals surface area contributed by atoms with E-state index in [0.717, 1.165) is 26.1 Å². The Hall–Kier alpha value is -0.770. The first kappa shape index (κ1) is 14.6. The molecule has 2 aliphatic rings. The zero-order valence-corrected chi connectivity index (χ0v) is 12.2. The zero-order chi connectivity index (χ0) is 12.5. The SMILES string of the molecule is CC[11CH2]N1CCO[C@@H]2c3cc(O)ccc3CC[C@H]21.Cl. The summed E-state index contributed by atoms with van der Waals surface area (Å²) in [7, 11) is 0. The molecular formula is C15H22ClNO2. The Morgan fingerprint density at radius 1 is 1.42 bits per heavy atom. The van der Waals surface area contributed by atoms with E-state index in [1.807, 2.05) is 12.1 Å². The Morgan fingerprint density at radius 3 is 3.05 bits per heavy atom. The van der Waals surface area contributed by atoms with Crippen molar-refractivity contribution in [1.29, 1.82) is 0 Å². The number of morpholine rings is 1. The third-order valence-electron chi connectivity index (χ3n) is 4.15. The van der Waals surface area contributed by atoms with Gasteiger partial charge in [0.2, 0.25) is 0 Å². The third-order valence-corrected chi connectivity index (χ3v) is 4.15. The molecule has 1 N–H and O–H groups in total. The number of hydrogen-bond donors (Lipinski definition) is 1. The predicted molar refractivity (Wildman–Crippen MR) is 78.0 cm³/mol. The Bertz CT molecular complexity index is 436. The number of rotatable bonds is 2. The molecule has 0 unspecified atom stereocenters. The van der Waals surface area contributed by atoms with E-state index in [9.17, 15) is 5.11 Å². The second kappa shape index (κ2) is 6.12. The molecule has 0 bridgehead atoms. The first-order valence-electron chi connectivity index (χ1n) is 6.97. The molecule has 0 aromatic heterocycles. The van der Waals surface area contributed by atoms with Crippen LogP contribution in [-0.4, -0.2) is 35.7 Å². The lowest BCUT2D eigenvalue weighted by Crippen LogP contribution is -2.49. The Morgan fingerprint density at radius 2 is 2.26 bits per heavy atom. The van der Waals surface area contributed by atoms with Crippen molar-refractivity contribution in [3.63, 3.8) is 0 Å². The number of ether oxygens (including phenoxy) is 1. The van der Waals surface area contributed by atoms with Gasteiger partial charge in [0.05, 0.1) is 12.7 Å². The van der Waals surface area contributed by atoms with Gasteiger partial charge in [-0.25, -0.2) is 0 Å². The molecular weight excluding hydrogens is 261 g/mol. The average Bonchev–Trinajstić information content (AvgIpc) is 2.39. The summed E-state index contributed by atoms with van der Waals surface area (Å²) >= 11 is 0. The van der Waals surface area contributed by atoms with E-state index in [-0.39, 0.29) is 18.5 Å². The highest BCUT2D eigenvalue weighted by molar-refractivity contribution is 5.85. The molecule has 1 aliphatic heterocycles. The van der Waals surface area contributed by atoms with Crippen molar-refractivity contribution in [2.45, 2.75) is 38.3 Å². The molecule has 0 saturated carbocycles. The van der Waals surface area contributed by atoms with Crippen LogP contribution in [0.2, 0.25) is 0 Å². The average molecular weight is 283 g/mol. The summed E-state index contributed by atoms with van der Waals surface area (Å²) in [6.07, 6.45) is 3.61. The summed E-state index contributed by atoms with van der Waals surface area (Å²) in [6.45, 7) is 5.23. The summed E-state index contributed by atoms with van der Waals surface area (Å²) in [5.74, 6) is 0.352. The van der Waals surface area contributed by atoms with Crippen molar-refractivity contribution in [2.24, 2.45) is 0 Å². The minimum absolute atomic E-state index is 0. The van der Waals surface area contributed by atoms with Crippen LogP contribution in [0.5, 0.6) is 5.75 Å². The molecule has 3 rings (SSSR count). The first-order valence-corrected chi connectivity index (χ1v) is 6.97. The van der Waals surface area contributed by atoms with E-state index in [1.54, 1.807) is 6.07 Å². The third kappa shape index (κ3) is 2.73. The minimum Gasteiger partial charge on any atom is -0.508 e. The molecule has 1 aromatic rings. The number of phenols is 1. The normalized spacial score (nSPS) is 26.2. The molecule has 2 atom stereocenters. The van der Waals surface area contributed by atoms with Crippen LogP contribution in [0, 0.1) is 0 Å². The number of fused-ring (bicyclic) bond motifs is 3. The number of phenolic OH excluding ortho intramolecular Hbond substituents is 1. The van der Waals surface area contributed by atoms with E-state index in [2.05, 4.69) is 11.8 Å². The summed E-state index contributed by atoms with van der Waals surface area (Å²) < 4.78 is 5.99. The lowest BCUT2D eigenvalue weighted by molar-refractivity contribution is -0.0801. The van der Waals surface area contributed by atoms with Crippen molar-refractivity contribution in [3.8, 4) is 5.75 Å². The number of aryl methyl sites for hydroxylation is 1. The molecule has 1 heterocycles. The van der Waals surface area contributed by atoms with Crippen molar-refractivity contribution in [1.82, 2.24) is 4.90 Å². The van der Waals surface area contributed by atoms with Gasteiger partial charge in [0.15, 0.2) is 0 Å². The first-order chi connectivity index (χ1) is 8.79. The van der Waals surface area contributed by atoms with Gasteiger partial charge in [-0.15, -0.1) is 12.4 Å². The predicted octanol–water partition coefficient (Wildman–Crippen LogP) is 2.91. The van der Waals surface area contributed by atoms with Crippen molar-refractivity contribution in [2.75, 3.05) is 19.7 Å². The van der Waals surface area contributed by atoms with Crippen LogP contribution in [0.1, 0.15) is 37.0 Å². The van der Waals surface area contributed by atoms with Crippen LogP contribution in [0.3, 0.4) is 0 Å². The molecule has 4 heteroatoms. The smallest absolute Gasteiger partial charge is 0.115 e. The molecule has 1 aromatic carbocycles. The topological polar surface area (TPSA) is 32.7 Å². The van der Waals surface area contributed by atoms with Gasteiger partial charge in [-0.2, -0.15) is 0 Å². The fourth-order valence-corrected chi connectivity index (χ4v) is 3.34. The summed E-state index contributed by atoms with van der Waals surface area (Å²) in [6, 6.07) is 6.21. The lowest BCUT2D eigenvalue weighted by atomic mass is 9.81. The maximum Gasteiger partial charge on any atom is 0.115 e. The quantitative estimate of drug-likeness (QED) is 0.905. The van der Waals surface area contributed by atoms with Gasteiger partial charge in [-0.1, -0.05) is 13.0 Å². The molecule has 1 aliphatic carbocycles. The lowest BCUT2D eigenvalue weighted by Gasteiger charge is -2.44. The summed E-state index contributed by atoms with van der Waals surface area (Å²) in [4.78, 5) is 2.56. The van der Waals surface area contributed by atoms with E-state index >= 15 is 0 Å². The van der Waals surface area contributed by atoms with Gasteiger partial charge in [-0.05, 0) is 49.1 Å². The number of benzene rings is 1. The zero-order valence-electron chi connectivity index (χ0n) is 11.3. The largest absolute Gasteiger partial charge is 0.508 e. The monoisotopic (exact) mass is 282 g/mol. The summed E-state index contributed by atoms with van der Waals surface area (Å²) in [5, 5.41) is 9.68. The fourth-order valence-electron chi connectivity index (χ4n) is 3.34. The molecule has 106 valence electrons. The standard InChI is InChI=1S/C15H21NO2.ClH/c1-2-7-16-8-9-18-15-13-10-12(17)5-3-11(13)4-6-14(15)16;/h3,5,10,14-15,17H,2,4,6-9H2,1H3;1H/t14-,15-;/m1./s1/i7-1;. The number of nitrogens with zero attached hydrogens (tertiary/aromatic N) is 1. The van der Waals surface area contributed by atoms with Crippen LogP contribution in [0.25, 0.3) is 0 Å². The van der Waals surface area contributed by atoms with Gasteiger partial charge in [-0.3, -0.25) is 4.90 Å². The second-order valence-electron chi connectivity index (χ2n) is 5.32. The van der Waals surface area contributed by atoms with E-state index < -0.39 is 0 Å². The van der Waals surface area contributed by atoms with Crippen LogP contribution in [0.4, 0.5) is 0 Å². The number of aromatic hydroxyl groups is 1. The van der Waals surface area contributed by atoms with E-state index in [1.165, 1.54) is 24.0 Å². The highest BCUT2D eigenvalue weighted by Crippen LogP contribution is 2.39. The van der Waals surface area contributed by atoms with Gasteiger partial charge in [0.1, 0.15) is 5.75 Å². The van der Waals surface area contributed by atoms with Gasteiger partial charge in [0.25, 0.3) is 0 Å². The molecule has 0 spiro atoms. The van der Waals surface area contributed by atoms with Crippen LogP contribution < -0.4 is 0 Å². The Labute approximate surface area is 121 Å². The number of hydrogen-bond acceptors (Lipinski definition) is 3. The molecule has 3 nitrogen and oxygen atoms in total. The second-order valence-corrected chi connectivity index (χ2v) is 5.32. The fraction of sp³-hybridized carbons (Fsp3) is 0.600. The van der Waals surface area contributed by atoms with Gasteiger partial charge >= 0.3 is 0 Å². The number of halogens is 1. The maximum atomic E-state index is 9.68. The van der Waals surface area contributed by atoms with Crippen molar-refractivity contribution in [3.05, 3.63) is 29.3 Å². The Kier molecular flexibility index (Phi) is 4.71. The Balaban J connectivity index is 0.00000133. The van der Waals surface area contributed by atoms with Gasteiger partial charge in [0, 0.05) is 12.6 Å².